The van der Waals surface area contributed by atoms with Gasteiger partial charge in [-0.3, -0.25) is 4.79 Å². The molecule has 0 amide bonds. The molecule has 17 heavy (non-hydrogen) atoms. The number of aliphatic hydroxyl groups excluding tert-OH is 2. The highest BCUT2D eigenvalue weighted by Gasteiger charge is 2.29. The number of carbonyl (C=O) groups excluding carboxylic acids is 1. The smallest absolute Gasteiger partial charge is 0.197 e. The second kappa shape index (κ2) is 5.80. The summed E-state index contributed by atoms with van der Waals surface area (Å²) in [6.07, 6.45) is -2.50. The van der Waals surface area contributed by atoms with Crippen molar-refractivity contribution in [2.24, 2.45) is 5.92 Å². The van der Waals surface area contributed by atoms with Crippen molar-refractivity contribution in [2.45, 2.75) is 26.1 Å². The molecule has 4 nitrogen and oxygen atoms in total. The minimum absolute atomic E-state index is 0.191. The SMILES string of the molecule is COc1ccccc1C(=O)[C@H](O)[C@@H](O)C(C)C. The zero-order valence-electron chi connectivity index (χ0n) is 10.3. The first-order valence-corrected chi connectivity index (χ1v) is 5.52. The molecule has 1 rings (SSSR count). The molecule has 0 unspecified atom stereocenters. The maximum Gasteiger partial charge on any atom is 0.197 e. The standard InChI is InChI=1S/C13H18O4/c1-8(2)11(14)13(16)12(15)9-6-4-5-7-10(9)17-3/h4-8,11,13-14,16H,1-3H3/t11-,13+/m0/s1. The number of aliphatic hydroxyl groups is 2. The predicted molar refractivity (Wildman–Crippen MR) is 64.2 cm³/mol. The number of Topliss-reactive ketones (excluding diaryl/α,β-unsaturated/α-hetero) is 1. The topological polar surface area (TPSA) is 66.8 Å². The van der Waals surface area contributed by atoms with Crippen molar-refractivity contribution in [1.29, 1.82) is 0 Å². The number of para-hydroxylation sites is 1. The van der Waals surface area contributed by atoms with E-state index in [2.05, 4.69) is 0 Å². The predicted octanol–water partition coefficient (Wildman–Crippen LogP) is 1.26. The number of hydrogen-bond acceptors (Lipinski definition) is 4. The van der Waals surface area contributed by atoms with E-state index in [-0.39, 0.29) is 11.5 Å². The van der Waals surface area contributed by atoms with Crippen LogP contribution in [-0.4, -0.2) is 35.3 Å². The highest BCUT2D eigenvalue weighted by Crippen LogP contribution is 2.21. The number of rotatable bonds is 5. The maximum absolute atomic E-state index is 12.0. The van der Waals surface area contributed by atoms with Crippen LogP contribution in [0.4, 0.5) is 0 Å². The Morgan fingerprint density at radius 1 is 1.24 bits per heavy atom. The van der Waals surface area contributed by atoms with Gasteiger partial charge in [0.05, 0.1) is 18.8 Å². The van der Waals surface area contributed by atoms with E-state index in [1.807, 2.05) is 0 Å². The summed E-state index contributed by atoms with van der Waals surface area (Å²) in [5.74, 6) is -0.320. The lowest BCUT2D eigenvalue weighted by molar-refractivity contribution is 0.000496. The number of ketones is 1. The number of ether oxygens (including phenoxy) is 1. The van der Waals surface area contributed by atoms with E-state index in [1.165, 1.54) is 7.11 Å². The van der Waals surface area contributed by atoms with E-state index in [9.17, 15) is 15.0 Å². The molecule has 2 N–H and O–H groups in total. The van der Waals surface area contributed by atoms with Crippen molar-refractivity contribution in [2.75, 3.05) is 7.11 Å². The number of benzene rings is 1. The van der Waals surface area contributed by atoms with Gasteiger partial charge in [0.25, 0.3) is 0 Å². The van der Waals surface area contributed by atoms with Crippen LogP contribution in [0.2, 0.25) is 0 Å². The third-order valence-electron chi connectivity index (χ3n) is 2.65. The Bertz CT molecular complexity index is 387. The second-order valence-electron chi connectivity index (χ2n) is 4.24. The molecule has 4 heteroatoms. The van der Waals surface area contributed by atoms with Gasteiger partial charge in [-0.05, 0) is 18.1 Å². The molecule has 94 valence electrons. The van der Waals surface area contributed by atoms with Gasteiger partial charge in [0.15, 0.2) is 5.78 Å². The molecule has 0 aliphatic heterocycles. The van der Waals surface area contributed by atoms with Crippen molar-refractivity contribution < 1.29 is 19.7 Å². The van der Waals surface area contributed by atoms with Crippen LogP contribution in [0.1, 0.15) is 24.2 Å². The molecule has 0 spiro atoms. The molecule has 1 aromatic carbocycles. The van der Waals surface area contributed by atoms with Gasteiger partial charge in [0.2, 0.25) is 0 Å². The normalized spacial score (nSPS) is 14.5. The summed E-state index contributed by atoms with van der Waals surface area (Å²) in [5, 5.41) is 19.5. The summed E-state index contributed by atoms with van der Waals surface area (Å²) in [6, 6.07) is 6.63. The third-order valence-corrected chi connectivity index (χ3v) is 2.65. The van der Waals surface area contributed by atoms with Crippen LogP contribution in [0.25, 0.3) is 0 Å². The number of hydrogen-bond donors (Lipinski definition) is 2. The van der Waals surface area contributed by atoms with Gasteiger partial charge in [-0.25, -0.2) is 0 Å². The van der Waals surface area contributed by atoms with Gasteiger partial charge >= 0.3 is 0 Å². The first kappa shape index (κ1) is 13.7. The molecule has 0 aliphatic rings. The molecule has 0 aromatic heterocycles. The Kier molecular flexibility index (Phi) is 4.66. The van der Waals surface area contributed by atoms with Gasteiger partial charge in [-0.2, -0.15) is 0 Å². The van der Waals surface area contributed by atoms with E-state index in [4.69, 9.17) is 4.74 Å². The van der Waals surface area contributed by atoms with Crippen LogP contribution in [0.15, 0.2) is 24.3 Å². The average Bonchev–Trinajstić information content (AvgIpc) is 2.35. The van der Waals surface area contributed by atoms with Crippen LogP contribution < -0.4 is 4.74 Å². The summed E-state index contributed by atoms with van der Waals surface area (Å²) in [5.41, 5.74) is 0.280. The summed E-state index contributed by atoms with van der Waals surface area (Å²) >= 11 is 0. The molecule has 0 fully saturated rings. The van der Waals surface area contributed by atoms with Crippen LogP contribution in [0.5, 0.6) is 5.75 Å². The quantitative estimate of drug-likeness (QED) is 0.758. The second-order valence-corrected chi connectivity index (χ2v) is 4.24. The number of carbonyl (C=O) groups is 1. The summed E-state index contributed by atoms with van der Waals surface area (Å²) in [6.45, 7) is 3.48. The fourth-order valence-corrected chi connectivity index (χ4v) is 1.53. The molecule has 0 saturated carbocycles. The molecule has 0 radical (unpaired) electrons. The minimum atomic E-state index is -1.42. The summed E-state index contributed by atoms with van der Waals surface area (Å²) in [4.78, 5) is 12.0. The average molecular weight is 238 g/mol. The van der Waals surface area contributed by atoms with E-state index >= 15 is 0 Å². The Labute approximate surface area is 101 Å². The van der Waals surface area contributed by atoms with Crippen molar-refractivity contribution in [3.63, 3.8) is 0 Å². The summed E-state index contributed by atoms with van der Waals surface area (Å²) < 4.78 is 5.04. The van der Waals surface area contributed by atoms with Gasteiger partial charge in [0, 0.05) is 0 Å². The van der Waals surface area contributed by atoms with Crippen molar-refractivity contribution in [3.05, 3.63) is 29.8 Å². The molecule has 0 heterocycles. The van der Waals surface area contributed by atoms with Gasteiger partial charge in [-0.1, -0.05) is 26.0 Å². The molecule has 2 atom stereocenters. The molecular weight excluding hydrogens is 220 g/mol. The van der Waals surface area contributed by atoms with E-state index < -0.39 is 18.0 Å². The first-order chi connectivity index (χ1) is 7.99. The van der Waals surface area contributed by atoms with Gasteiger partial charge < -0.3 is 14.9 Å². The van der Waals surface area contributed by atoms with Crippen LogP contribution in [-0.2, 0) is 0 Å². The van der Waals surface area contributed by atoms with Crippen molar-refractivity contribution in [1.82, 2.24) is 0 Å². The Balaban J connectivity index is 2.96. The highest BCUT2D eigenvalue weighted by molar-refractivity contribution is 6.02. The molecular formula is C13H18O4. The van der Waals surface area contributed by atoms with Gasteiger partial charge in [0.1, 0.15) is 11.9 Å². The van der Waals surface area contributed by atoms with E-state index in [0.717, 1.165) is 0 Å². The molecule has 0 bridgehead atoms. The zero-order chi connectivity index (χ0) is 13.0. The lowest BCUT2D eigenvalue weighted by Gasteiger charge is -2.20. The molecule has 1 aromatic rings. The lowest BCUT2D eigenvalue weighted by Crippen LogP contribution is -2.37. The van der Waals surface area contributed by atoms with Crippen LogP contribution in [0.3, 0.4) is 0 Å². The maximum atomic E-state index is 12.0. The van der Waals surface area contributed by atoms with Crippen LogP contribution in [0, 0.1) is 5.92 Å². The highest BCUT2D eigenvalue weighted by atomic mass is 16.5. The van der Waals surface area contributed by atoms with Gasteiger partial charge in [-0.15, -0.1) is 0 Å². The molecule has 0 aliphatic carbocycles. The molecule has 0 saturated heterocycles. The largest absolute Gasteiger partial charge is 0.496 e. The monoisotopic (exact) mass is 238 g/mol. The van der Waals surface area contributed by atoms with Crippen molar-refractivity contribution in [3.8, 4) is 5.75 Å². The minimum Gasteiger partial charge on any atom is -0.496 e. The van der Waals surface area contributed by atoms with Crippen molar-refractivity contribution >= 4 is 5.78 Å². The van der Waals surface area contributed by atoms with E-state index in [0.29, 0.717) is 5.75 Å². The number of methoxy groups -OCH3 is 1. The Morgan fingerprint density at radius 3 is 2.35 bits per heavy atom. The fraction of sp³-hybridized carbons (Fsp3) is 0.462. The van der Waals surface area contributed by atoms with E-state index in [1.54, 1.807) is 38.1 Å². The zero-order valence-corrected chi connectivity index (χ0v) is 10.3. The summed E-state index contributed by atoms with van der Waals surface area (Å²) in [7, 11) is 1.46. The first-order valence-electron chi connectivity index (χ1n) is 5.52. The fourth-order valence-electron chi connectivity index (χ4n) is 1.53. The lowest BCUT2D eigenvalue weighted by atomic mass is 9.95. The Morgan fingerprint density at radius 2 is 1.82 bits per heavy atom. The van der Waals surface area contributed by atoms with Crippen LogP contribution >= 0.6 is 0 Å². The third kappa shape index (κ3) is 3.05. The Hall–Kier alpha value is -1.39.